The Bertz CT molecular complexity index is 746. The van der Waals surface area contributed by atoms with Crippen molar-refractivity contribution in [2.75, 3.05) is 38.1 Å². The lowest BCUT2D eigenvalue weighted by atomic mass is 10.0. The molecule has 2 atom stereocenters. The van der Waals surface area contributed by atoms with E-state index in [0.29, 0.717) is 0 Å². The number of aromatic nitrogens is 1. The minimum atomic E-state index is 0.756. The Hall–Kier alpha value is -2.07. The number of anilines is 1. The zero-order valence-electron chi connectivity index (χ0n) is 13.4. The lowest BCUT2D eigenvalue weighted by Gasteiger charge is -2.24. The van der Waals surface area contributed by atoms with Crippen LogP contribution in [0.2, 0.25) is 0 Å². The lowest BCUT2D eigenvalue weighted by Crippen LogP contribution is -2.26. The monoisotopic (exact) mass is 307 g/mol. The Labute approximate surface area is 136 Å². The average Bonchev–Trinajstić information content (AvgIpc) is 3.09. The predicted molar refractivity (Wildman–Crippen MR) is 90.2 cm³/mol. The van der Waals surface area contributed by atoms with Gasteiger partial charge in [0.05, 0.1) is 0 Å². The van der Waals surface area contributed by atoms with Crippen LogP contribution in [0.4, 0.5) is 5.69 Å². The van der Waals surface area contributed by atoms with Crippen molar-refractivity contribution in [3.63, 3.8) is 0 Å². The summed E-state index contributed by atoms with van der Waals surface area (Å²) in [6, 6.07) is 10.7. The zero-order valence-corrected chi connectivity index (χ0v) is 13.4. The van der Waals surface area contributed by atoms with Gasteiger partial charge in [0, 0.05) is 55.6 Å². The zero-order chi connectivity index (χ0) is 15.4. The summed E-state index contributed by atoms with van der Waals surface area (Å²) in [6.45, 7) is 4.86. The summed E-state index contributed by atoms with van der Waals surface area (Å²) in [5, 5.41) is 0. The van der Waals surface area contributed by atoms with Gasteiger partial charge in [0.2, 0.25) is 5.88 Å². The topological polar surface area (TPSA) is 28.6 Å². The SMILES string of the molecule is CN1CC2CN(c3ccc4c(c3)Cc3cccnc3O4)CC2C1. The van der Waals surface area contributed by atoms with E-state index in [0.717, 1.165) is 29.9 Å². The molecular formula is C19H21N3O. The first-order valence-corrected chi connectivity index (χ1v) is 8.44. The highest BCUT2D eigenvalue weighted by atomic mass is 16.5. The second kappa shape index (κ2) is 4.96. The average molecular weight is 307 g/mol. The van der Waals surface area contributed by atoms with Crippen LogP contribution < -0.4 is 9.64 Å². The fourth-order valence-electron chi connectivity index (χ4n) is 4.40. The molecule has 1 aromatic heterocycles. The Morgan fingerprint density at radius 1 is 1.04 bits per heavy atom. The smallest absolute Gasteiger partial charge is 0.222 e. The first-order valence-electron chi connectivity index (χ1n) is 8.44. The van der Waals surface area contributed by atoms with E-state index in [1.54, 1.807) is 6.20 Å². The van der Waals surface area contributed by atoms with Crippen molar-refractivity contribution in [3.8, 4) is 11.6 Å². The number of benzene rings is 1. The first-order chi connectivity index (χ1) is 11.3. The molecule has 2 fully saturated rings. The molecule has 4 heteroatoms. The molecule has 2 unspecified atom stereocenters. The van der Waals surface area contributed by atoms with Gasteiger partial charge in [-0.05, 0) is 43.1 Å². The molecule has 3 aliphatic rings. The maximum atomic E-state index is 5.95. The third-order valence-electron chi connectivity index (χ3n) is 5.52. The van der Waals surface area contributed by atoms with E-state index in [-0.39, 0.29) is 0 Å². The van der Waals surface area contributed by atoms with Crippen LogP contribution in [0, 0.1) is 11.8 Å². The van der Waals surface area contributed by atoms with E-state index in [1.165, 1.54) is 43.0 Å². The van der Waals surface area contributed by atoms with Crippen LogP contribution in [0.3, 0.4) is 0 Å². The van der Waals surface area contributed by atoms with Crippen LogP contribution in [-0.2, 0) is 6.42 Å². The van der Waals surface area contributed by atoms with Crippen LogP contribution in [0.15, 0.2) is 36.5 Å². The quantitative estimate of drug-likeness (QED) is 0.691. The summed E-state index contributed by atoms with van der Waals surface area (Å²) in [7, 11) is 2.24. The highest BCUT2D eigenvalue weighted by Crippen LogP contribution is 2.39. The molecule has 0 aliphatic carbocycles. The van der Waals surface area contributed by atoms with Crippen molar-refractivity contribution in [2.24, 2.45) is 11.8 Å². The predicted octanol–water partition coefficient (Wildman–Crippen LogP) is 2.78. The minimum absolute atomic E-state index is 0.756. The van der Waals surface area contributed by atoms with Gasteiger partial charge in [-0.2, -0.15) is 0 Å². The number of hydrogen-bond donors (Lipinski definition) is 0. The van der Waals surface area contributed by atoms with Crippen LogP contribution in [0.25, 0.3) is 0 Å². The fraction of sp³-hybridized carbons (Fsp3) is 0.421. The van der Waals surface area contributed by atoms with Gasteiger partial charge in [0.15, 0.2) is 0 Å². The summed E-state index contributed by atoms with van der Waals surface area (Å²) >= 11 is 0. The second-order valence-corrected chi connectivity index (χ2v) is 7.18. The summed E-state index contributed by atoms with van der Waals surface area (Å²) < 4.78 is 5.95. The van der Waals surface area contributed by atoms with E-state index in [2.05, 4.69) is 46.1 Å². The highest BCUT2D eigenvalue weighted by Gasteiger charge is 2.38. The molecule has 2 saturated heterocycles. The number of nitrogens with zero attached hydrogens (tertiary/aromatic N) is 3. The lowest BCUT2D eigenvalue weighted by molar-refractivity contribution is 0.387. The van der Waals surface area contributed by atoms with E-state index in [1.807, 2.05) is 6.07 Å². The molecule has 2 aromatic rings. The van der Waals surface area contributed by atoms with Gasteiger partial charge in [-0.15, -0.1) is 0 Å². The molecule has 118 valence electrons. The number of likely N-dealkylation sites (tertiary alicyclic amines) is 1. The van der Waals surface area contributed by atoms with Crippen molar-refractivity contribution < 1.29 is 4.74 Å². The van der Waals surface area contributed by atoms with E-state index in [9.17, 15) is 0 Å². The first kappa shape index (κ1) is 13.4. The van der Waals surface area contributed by atoms with Gasteiger partial charge < -0.3 is 14.5 Å². The molecule has 3 aliphatic heterocycles. The van der Waals surface area contributed by atoms with Crippen molar-refractivity contribution in [1.82, 2.24) is 9.88 Å². The Kier molecular flexibility index (Phi) is 2.89. The number of hydrogen-bond acceptors (Lipinski definition) is 4. The van der Waals surface area contributed by atoms with Gasteiger partial charge in [-0.1, -0.05) is 6.07 Å². The van der Waals surface area contributed by atoms with Crippen LogP contribution in [0.1, 0.15) is 11.1 Å². The number of ether oxygens (including phenoxy) is 1. The standard InChI is InChI=1S/C19H21N3O/c1-21-9-15-11-22(12-16(15)10-21)17-4-5-18-14(8-17)7-13-3-2-6-20-19(13)23-18/h2-6,8,15-16H,7,9-12H2,1H3. The molecule has 1 aromatic carbocycles. The normalized spacial score (nSPS) is 25.7. The maximum Gasteiger partial charge on any atom is 0.222 e. The highest BCUT2D eigenvalue weighted by molar-refractivity contribution is 5.57. The molecule has 0 spiro atoms. The second-order valence-electron chi connectivity index (χ2n) is 7.18. The molecule has 0 bridgehead atoms. The van der Waals surface area contributed by atoms with Gasteiger partial charge >= 0.3 is 0 Å². The van der Waals surface area contributed by atoms with Gasteiger partial charge in [0.1, 0.15) is 5.75 Å². The van der Waals surface area contributed by atoms with E-state index < -0.39 is 0 Å². The molecule has 0 saturated carbocycles. The van der Waals surface area contributed by atoms with E-state index >= 15 is 0 Å². The molecular weight excluding hydrogens is 286 g/mol. The van der Waals surface area contributed by atoms with Crippen molar-refractivity contribution in [3.05, 3.63) is 47.7 Å². The van der Waals surface area contributed by atoms with E-state index in [4.69, 9.17) is 4.74 Å². The Balaban J connectivity index is 1.41. The summed E-state index contributed by atoms with van der Waals surface area (Å²) in [5.41, 5.74) is 3.80. The number of rotatable bonds is 1. The maximum absolute atomic E-state index is 5.95. The van der Waals surface area contributed by atoms with Crippen LogP contribution >= 0.6 is 0 Å². The summed E-state index contributed by atoms with van der Waals surface area (Å²) in [5.74, 6) is 3.37. The van der Waals surface area contributed by atoms with Gasteiger partial charge in [-0.25, -0.2) is 4.98 Å². The summed E-state index contributed by atoms with van der Waals surface area (Å²) in [6.07, 6.45) is 2.70. The Morgan fingerprint density at radius 2 is 1.87 bits per heavy atom. The fourth-order valence-corrected chi connectivity index (χ4v) is 4.40. The molecule has 0 amide bonds. The van der Waals surface area contributed by atoms with Gasteiger partial charge in [0.25, 0.3) is 0 Å². The molecule has 23 heavy (non-hydrogen) atoms. The number of fused-ring (bicyclic) bond motifs is 3. The van der Waals surface area contributed by atoms with Crippen LogP contribution in [0.5, 0.6) is 11.6 Å². The molecule has 0 radical (unpaired) electrons. The van der Waals surface area contributed by atoms with Gasteiger partial charge in [-0.3, -0.25) is 0 Å². The Morgan fingerprint density at radius 3 is 2.70 bits per heavy atom. The van der Waals surface area contributed by atoms with Crippen molar-refractivity contribution >= 4 is 5.69 Å². The largest absolute Gasteiger partial charge is 0.438 e. The molecule has 4 nitrogen and oxygen atoms in total. The van der Waals surface area contributed by atoms with Crippen molar-refractivity contribution in [2.45, 2.75) is 6.42 Å². The minimum Gasteiger partial charge on any atom is -0.438 e. The van der Waals surface area contributed by atoms with Crippen LogP contribution in [-0.4, -0.2) is 43.1 Å². The molecule has 4 heterocycles. The molecule has 0 N–H and O–H groups in total. The third kappa shape index (κ3) is 2.20. The third-order valence-corrected chi connectivity index (χ3v) is 5.52. The number of pyridine rings is 1. The molecule has 5 rings (SSSR count). The summed E-state index contributed by atoms with van der Waals surface area (Å²) in [4.78, 5) is 9.35. The van der Waals surface area contributed by atoms with Crippen molar-refractivity contribution in [1.29, 1.82) is 0 Å².